The van der Waals surface area contributed by atoms with Crippen molar-refractivity contribution in [3.63, 3.8) is 0 Å². The molecule has 1 saturated carbocycles. The molecule has 1 N–H and O–H groups in total. The highest BCUT2D eigenvalue weighted by molar-refractivity contribution is 5.95. The van der Waals surface area contributed by atoms with Crippen LogP contribution in [0.4, 0.5) is 0 Å². The van der Waals surface area contributed by atoms with Gasteiger partial charge in [-0.1, -0.05) is 29.8 Å². The largest absolute Gasteiger partial charge is 0.349 e. The van der Waals surface area contributed by atoms with Crippen molar-refractivity contribution in [2.45, 2.75) is 51.7 Å². The standard InChI is InChI=1S/C20H24N4O2/c1-14-3-5-15(6-4-14)11-19(25)23-9-2-10-24-18(13-23)17(12-21-24)20(26)22-16-7-8-16/h3-6,12,16H,2,7-11,13H2,1H3,(H,22,26). The third-order valence-corrected chi connectivity index (χ3v) is 5.07. The van der Waals surface area contributed by atoms with Crippen LogP contribution in [0, 0.1) is 6.92 Å². The van der Waals surface area contributed by atoms with Gasteiger partial charge in [-0.15, -0.1) is 0 Å². The molecular formula is C20H24N4O2. The number of fused-ring (bicyclic) bond motifs is 1. The van der Waals surface area contributed by atoms with Crippen molar-refractivity contribution in [2.24, 2.45) is 0 Å². The van der Waals surface area contributed by atoms with E-state index in [2.05, 4.69) is 10.4 Å². The first-order chi connectivity index (χ1) is 12.6. The molecule has 1 aliphatic carbocycles. The number of nitrogens with zero attached hydrogens (tertiary/aromatic N) is 3. The fourth-order valence-corrected chi connectivity index (χ4v) is 3.33. The Morgan fingerprint density at radius 3 is 2.69 bits per heavy atom. The van der Waals surface area contributed by atoms with E-state index in [1.165, 1.54) is 5.56 Å². The van der Waals surface area contributed by atoms with E-state index in [-0.39, 0.29) is 11.8 Å². The summed E-state index contributed by atoms with van der Waals surface area (Å²) in [4.78, 5) is 27.1. The summed E-state index contributed by atoms with van der Waals surface area (Å²) in [5.74, 6) is 0.0265. The minimum absolute atomic E-state index is 0.0680. The molecule has 0 unspecified atom stereocenters. The van der Waals surface area contributed by atoms with Crippen molar-refractivity contribution in [3.8, 4) is 0 Å². The first-order valence-electron chi connectivity index (χ1n) is 9.29. The Hall–Kier alpha value is -2.63. The molecule has 136 valence electrons. The number of hydrogen-bond acceptors (Lipinski definition) is 3. The van der Waals surface area contributed by atoms with Gasteiger partial charge in [0.2, 0.25) is 5.91 Å². The lowest BCUT2D eigenvalue weighted by molar-refractivity contribution is -0.131. The highest BCUT2D eigenvalue weighted by Gasteiger charge is 2.28. The molecule has 0 atom stereocenters. The van der Waals surface area contributed by atoms with E-state index in [9.17, 15) is 9.59 Å². The number of nitrogens with one attached hydrogen (secondary N) is 1. The normalized spacial score (nSPS) is 16.7. The zero-order chi connectivity index (χ0) is 18.1. The molecule has 2 aliphatic rings. The van der Waals surface area contributed by atoms with Crippen molar-refractivity contribution >= 4 is 11.8 Å². The fraction of sp³-hybridized carbons (Fsp3) is 0.450. The molecule has 1 fully saturated rings. The van der Waals surface area contributed by atoms with Gasteiger partial charge in [-0.2, -0.15) is 5.10 Å². The van der Waals surface area contributed by atoms with Gasteiger partial charge < -0.3 is 10.2 Å². The number of carbonyl (C=O) groups excluding carboxylic acids is 2. The second kappa shape index (κ2) is 6.94. The molecule has 1 aromatic carbocycles. The van der Waals surface area contributed by atoms with Crippen molar-refractivity contribution in [2.75, 3.05) is 6.54 Å². The topological polar surface area (TPSA) is 67.2 Å². The Bertz CT molecular complexity index is 821. The van der Waals surface area contributed by atoms with E-state index in [1.54, 1.807) is 6.20 Å². The minimum Gasteiger partial charge on any atom is -0.349 e. The predicted octanol–water partition coefficient (Wildman–Crippen LogP) is 2.06. The van der Waals surface area contributed by atoms with Crippen LogP contribution in [0.1, 0.15) is 46.4 Å². The maximum atomic E-state index is 12.8. The summed E-state index contributed by atoms with van der Waals surface area (Å²) >= 11 is 0. The van der Waals surface area contributed by atoms with Gasteiger partial charge in [0.05, 0.1) is 30.4 Å². The van der Waals surface area contributed by atoms with Gasteiger partial charge in [0.1, 0.15) is 0 Å². The second-order valence-electron chi connectivity index (χ2n) is 7.31. The van der Waals surface area contributed by atoms with Crippen molar-refractivity contribution in [3.05, 3.63) is 52.8 Å². The second-order valence-corrected chi connectivity index (χ2v) is 7.31. The highest BCUT2D eigenvalue weighted by atomic mass is 16.2. The zero-order valence-electron chi connectivity index (χ0n) is 15.1. The first kappa shape index (κ1) is 16.8. The Labute approximate surface area is 153 Å². The van der Waals surface area contributed by atoms with Gasteiger partial charge in [-0.05, 0) is 31.7 Å². The maximum Gasteiger partial charge on any atom is 0.255 e. The lowest BCUT2D eigenvalue weighted by Gasteiger charge is -2.20. The lowest BCUT2D eigenvalue weighted by Crippen LogP contribution is -2.33. The number of aromatic nitrogens is 2. The van der Waals surface area contributed by atoms with E-state index in [0.29, 0.717) is 31.1 Å². The zero-order valence-corrected chi connectivity index (χ0v) is 15.1. The third-order valence-electron chi connectivity index (χ3n) is 5.07. The van der Waals surface area contributed by atoms with E-state index in [1.807, 2.05) is 40.8 Å². The molecule has 26 heavy (non-hydrogen) atoms. The number of aryl methyl sites for hydroxylation is 2. The van der Waals surface area contributed by atoms with Crippen LogP contribution in [0.5, 0.6) is 0 Å². The number of carbonyl (C=O) groups is 2. The van der Waals surface area contributed by atoms with Crippen molar-refractivity contribution in [1.82, 2.24) is 20.0 Å². The molecule has 4 rings (SSSR count). The van der Waals surface area contributed by atoms with Crippen LogP contribution < -0.4 is 5.32 Å². The van der Waals surface area contributed by atoms with Crippen LogP contribution in [0.3, 0.4) is 0 Å². The molecule has 1 aromatic heterocycles. The fourth-order valence-electron chi connectivity index (χ4n) is 3.33. The Morgan fingerprint density at radius 1 is 1.19 bits per heavy atom. The van der Waals surface area contributed by atoms with Crippen LogP contribution in [0.25, 0.3) is 0 Å². The number of rotatable bonds is 4. The van der Waals surface area contributed by atoms with Crippen LogP contribution >= 0.6 is 0 Å². The number of benzene rings is 1. The van der Waals surface area contributed by atoms with Gasteiger partial charge in [-0.25, -0.2) is 0 Å². The van der Waals surface area contributed by atoms with Crippen molar-refractivity contribution in [1.29, 1.82) is 0 Å². The average Bonchev–Trinajstić information content (AvgIpc) is 3.39. The van der Waals surface area contributed by atoms with Crippen LogP contribution in [0.2, 0.25) is 0 Å². The number of amides is 2. The molecular weight excluding hydrogens is 328 g/mol. The Morgan fingerprint density at radius 2 is 1.96 bits per heavy atom. The van der Waals surface area contributed by atoms with Gasteiger partial charge in [0.15, 0.2) is 0 Å². The molecule has 2 amide bonds. The maximum absolute atomic E-state index is 12.8. The van der Waals surface area contributed by atoms with Gasteiger partial charge >= 0.3 is 0 Å². The smallest absolute Gasteiger partial charge is 0.255 e. The molecule has 6 heteroatoms. The lowest BCUT2D eigenvalue weighted by atomic mass is 10.1. The van der Waals surface area contributed by atoms with Gasteiger partial charge in [0, 0.05) is 19.1 Å². The SMILES string of the molecule is Cc1ccc(CC(=O)N2CCCn3ncc(C(=O)NC4CC4)c3C2)cc1. The van der Waals surface area contributed by atoms with E-state index >= 15 is 0 Å². The Balaban J connectivity index is 1.49. The van der Waals surface area contributed by atoms with E-state index in [0.717, 1.165) is 37.1 Å². The molecule has 6 nitrogen and oxygen atoms in total. The van der Waals surface area contributed by atoms with Gasteiger partial charge in [-0.3, -0.25) is 14.3 Å². The highest BCUT2D eigenvalue weighted by Crippen LogP contribution is 2.22. The summed E-state index contributed by atoms with van der Waals surface area (Å²) in [6.07, 6.45) is 4.98. The van der Waals surface area contributed by atoms with Gasteiger partial charge in [0.25, 0.3) is 5.91 Å². The number of hydrogen-bond donors (Lipinski definition) is 1. The molecule has 2 aromatic rings. The molecule has 0 bridgehead atoms. The summed E-state index contributed by atoms with van der Waals surface area (Å²) < 4.78 is 1.88. The summed E-state index contributed by atoms with van der Waals surface area (Å²) in [6, 6.07) is 8.37. The molecule has 0 spiro atoms. The van der Waals surface area contributed by atoms with E-state index in [4.69, 9.17) is 0 Å². The Kier molecular flexibility index (Phi) is 4.49. The van der Waals surface area contributed by atoms with Crippen LogP contribution in [-0.2, 0) is 24.3 Å². The average molecular weight is 352 g/mol. The molecule has 0 saturated heterocycles. The van der Waals surface area contributed by atoms with Crippen LogP contribution in [0.15, 0.2) is 30.5 Å². The predicted molar refractivity (Wildman–Crippen MR) is 97.6 cm³/mol. The molecule has 1 aliphatic heterocycles. The summed E-state index contributed by atoms with van der Waals surface area (Å²) in [5.41, 5.74) is 3.65. The third kappa shape index (κ3) is 3.64. The summed E-state index contributed by atoms with van der Waals surface area (Å²) in [7, 11) is 0. The summed E-state index contributed by atoms with van der Waals surface area (Å²) in [5, 5.41) is 7.39. The quantitative estimate of drug-likeness (QED) is 0.916. The minimum atomic E-state index is -0.0680. The van der Waals surface area contributed by atoms with E-state index < -0.39 is 0 Å². The first-order valence-corrected chi connectivity index (χ1v) is 9.29. The van der Waals surface area contributed by atoms with Crippen LogP contribution in [-0.4, -0.2) is 39.1 Å². The summed E-state index contributed by atoms with van der Waals surface area (Å²) in [6.45, 7) is 3.91. The monoisotopic (exact) mass is 352 g/mol. The molecule has 0 radical (unpaired) electrons. The van der Waals surface area contributed by atoms with Crippen molar-refractivity contribution < 1.29 is 9.59 Å². The molecule has 2 heterocycles.